The molecule has 0 spiro atoms. The standard InChI is InChI=1S/C15H13Cl2NO2/c1-20-11-4-2-3-9(5-11)6-14(19)10-7-12(16)15(18)13(17)8-10/h2-5,7-8H,6,18H2,1H3. The van der Waals surface area contributed by atoms with E-state index in [1.165, 1.54) is 12.1 Å². The van der Waals surface area contributed by atoms with Gasteiger partial charge in [-0.3, -0.25) is 4.79 Å². The lowest BCUT2D eigenvalue weighted by Crippen LogP contribution is -2.04. The highest BCUT2D eigenvalue weighted by atomic mass is 35.5. The summed E-state index contributed by atoms with van der Waals surface area (Å²) in [6.07, 6.45) is 0.244. The average Bonchev–Trinajstić information content (AvgIpc) is 2.44. The first-order valence-electron chi connectivity index (χ1n) is 5.92. The Kier molecular flexibility index (Phi) is 4.53. The van der Waals surface area contributed by atoms with E-state index in [9.17, 15) is 4.79 Å². The van der Waals surface area contributed by atoms with Gasteiger partial charge in [0.05, 0.1) is 22.8 Å². The topological polar surface area (TPSA) is 52.3 Å². The van der Waals surface area contributed by atoms with Gasteiger partial charge in [-0.15, -0.1) is 0 Å². The van der Waals surface area contributed by atoms with E-state index in [2.05, 4.69) is 0 Å². The van der Waals surface area contributed by atoms with Gasteiger partial charge in [-0.25, -0.2) is 0 Å². The SMILES string of the molecule is COc1cccc(CC(=O)c2cc(Cl)c(N)c(Cl)c2)c1. The summed E-state index contributed by atoms with van der Waals surface area (Å²) in [6.45, 7) is 0. The summed E-state index contributed by atoms with van der Waals surface area (Å²) in [5.74, 6) is 0.630. The largest absolute Gasteiger partial charge is 0.497 e. The monoisotopic (exact) mass is 309 g/mol. The van der Waals surface area contributed by atoms with Gasteiger partial charge in [-0.05, 0) is 29.8 Å². The lowest BCUT2D eigenvalue weighted by Gasteiger charge is -2.07. The van der Waals surface area contributed by atoms with Crippen molar-refractivity contribution in [2.75, 3.05) is 12.8 Å². The maximum Gasteiger partial charge on any atom is 0.167 e. The third kappa shape index (κ3) is 3.24. The number of anilines is 1. The molecule has 0 saturated heterocycles. The molecule has 0 fully saturated rings. The van der Waals surface area contributed by atoms with Gasteiger partial charge in [-0.1, -0.05) is 35.3 Å². The fourth-order valence-corrected chi connectivity index (χ4v) is 2.30. The molecule has 0 atom stereocenters. The molecule has 0 unspecified atom stereocenters. The van der Waals surface area contributed by atoms with E-state index in [1.807, 2.05) is 24.3 Å². The zero-order valence-electron chi connectivity index (χ0n) is 10.8. The second kappa shape index (κ2) is 6.16. The van der Waals surface area contributed by atoms with E-state index < -0.39 is 0 Å². The Labute approximate surface area is 127 Å². The molecule has 0 bridgehead atoms. The number of carbonyl (C=O) groups excluding carboxylic acids is 1. The molecule has 2 aromatic carbocycles. The van der Waals surface area contributed by atoms with Crippen molar-refractivity contribution in [3.63, 3.8) is 0 Å². The van der Waals surface area contributed by atoms with Crippen molar-refractivity contribution in [3.05, 3.63) is 57.6 Å². The summed E-state index contributed by atoms with van der Waals surface area (Å²) in [7, 11) is 1.58. The van der Waals surface area contributed by atoms with Crippen molar-refractivity contribution >= 4 is 34.7 Å². The van der Waals surface area contributed by atoms with E-state index in [4.69, 9.17) is 33.7 Å². The maximum atomic E-state index is 12.2. The fraction of sp³-hybridized carbons (Fsp3) is 0.133. The van der Waals surface area contributed by atoms with Crippen LogP contribution in [0.25, 0.3) is 0 Å². The second-order valence-electron chi connectivity index (χ2n) is 4.31. The predicted molar refractivity (Wildman–Crippen MR) is 81.9 cm³/mol. The number of ether oxygens (including phenoxy) is 1. The van der Waals surface area contributed by atoms with E-state index >= 15 is 0 Å². The summed E-state index contributed by atoms with van der Waals surface area (Å²) in [6, 6.07) is 10.4. The average molecular weight is 310 g/mol. The number of carbonyl (C=O) groups is 1. The van der Waals surface area contributed by atoms with Crippen LogP contribution in [-0.4, -0.2) is 12.9 Å². The molecule has 3 nitrogen and oxygen atoms in total. The summed E-state index contributed by atoms with van der Waals surface area (Å²) < 4.78 is 5.13. The number of Topliss-reactive ketones (excluding diaryl/α,β-unsaturated/α-hetero) is 1. The Balaban J connectivity index is 2.23. The lowest BCUT2D eigenvalue weighted by atomic mass is 10.0. The molecule has 0 heterocycles. The van der Waals surface area contributed by atoms with Crippen LogP contribution in [0.4, 0.5) is 5.69 Å². The number of hydrogen-bond donors (Lipinski definition) is 1. The van der Waals surface area contributed by atoms with Gasteiger partial charge in [-0.2, -0.15) is 0 Å². The molecular formula is C15H13Cl2NO2. The molecule has 0 amide bonds. The first-order chi connectivity index (χ1) is 9.51. The summed E-state index contributed by atoms with van der Waals surface area (Å²) >= 11 is 11.9. The molecule has 0 radical (unpaired) electrons. The van der Waals surface area contributed by atoms with E-state index in [-0.39, 0.29) is 27.9 Å². The van der Waals surface area contributed by atoms with Gasteiger partial charge in [0.25, 0.3) is 0 Å². The van der Waals surface area contributed by atoms with Crippen molar-refractivity contribution < 1.29 is 9.53 Å². The maximum absolute atomic E-state index is 12.2. The first-order valence-corrected chi connectivity index (χ1v) is 6.67. The number of methoxy groups -OCH3 is 1. The van der Waals surface area contributed by atoms with Crippen LogP contribution in [-0.2, 0) is 6.42 Å². The minimum Gasteiger partial charge on any atom is -0.497 e. The van der Waals surface area contributed by atoms with Gasteiger partial charge >= 0.3 is 0 Å². The third-order valence-corrected chi connectivity index (χ3v) is 3.53. The van der Waals surface area contributed by atoms with Gasteiger partial charge in [0.15, 0.2) is 5.78 Å². The van der Waals surface area contributed by atoms with Gasteiger partial charge < -0.3 is 10.5 Å². The van der Waals surface area contributed by atoms with Crippen molar-refractivity contribution in [1.29, 1.82) is 0 Å². The van der Waals surface area contributed by atoms with Crippen LogP contribution < -0.4 is 10.5 Å². The number of nitrogen functional groups attached to an aromatic ring is 1. The second-order valence-corrected chi connectivity index (χ2v) is 5.12. The van der Waals surface area contributed by atoms with Crippen molar-refractivity contribution in [2.45, 2.75) is 6.42 Å². The number of hydrogen-bond acceptors (Lipinski definition) is 3. The summed E-state index contributed by atoms with van der Waals surface area (Å²) in [5.41, 5.74) is 7.23. The Morgan fingerprint density at radius 3 is 2.45 bits per heavy atom. The lowest BCUT2D eigenvalue weighted by molar-refractivity contribution is 0.0993. The van der Waals surface area contributed by atoms with E-state index in [0.29, 0.717) is 11.3 Å². The predicted octanol–water partition coefficient (Wildman–Crippen LogP) is 4.01. The third-order valence-electron chi connectivity index (χ3n) is 2.90. The van der Waals surface area contributed by atoms with Crippen LogP contribution in [0.3, 0.4) is 0 Å². The van der Waals surface area contributed by atoms with E-state index in [1.54, 1.807) is 7.11 Å². The van der Waals surface area contributed by atoms with Gasteiger partial charge in [0.1, 0.15) is 5.75 Å². The van der Waals surface area contributed by atoms with Crippen LogP contribution in [0, 0.1) is 0 Å². The Hall–Kier alpha value is -1.71. The van der Waals surface area contributed by atoms with Crippen molar-refractivity contribution in [2.24, 2.45) is 0 Å². The Morgan fingerprint density at radius 2 is 1.85 bits per heavy atom. The first kappa shape index (κ1) is 14.7. The molecule has 0 aliphatic heterocycles. The molecule has 0 aliphatic carbocycles. The quantitative estimate of drug-likeness (QED) is 0.686. The molecule has 2 rings (SSSR count). The molecule has 2 aromatic rings. The number of rotatable bonds is 4. The zero-order chi connectivity index (χ0) is 14.7. The summed E-state index contributed by atoms with van der Waals surface area (Å²) in [4.78, 5) is 12.2. The van der Waals surface area contributed by atoms with Crippen LogP contribution in [0.15, 0.2) is 36.4 Å². The molecule has 20 heavy (non-hydrogen) atoms. The molecule has 5 heteroatoms. The normalized spacial score (nSPS) is 10.3. The minimum atomic E-state index is -0.0814. The number of nitrogens with two attached hydrogens (primary N) is 1. The smallest absolute Gasteiger partial charge is 0.167 e. The zero-order valence-corrected chi connectivity index (χ0v) is 12.3. The van der Waals surface area contributed by atoms with Crippen LogP contribution >= 0.6 is 23.2 Å². The Bertz CT molecular complexity index is 633. The molecule has 104 valence electrons. The highest BCUT2D eigenvalue weighted by molar-refractivity contribution is 6.39. The van der Waals surface area contributed by atoms with Crippen molar-refractivity contribution in [3.8, 4) is 5.75 Å². The Morgan fingerprint density at radius 1 is 1.20 bits per heavy atom. The summed E-state index contributed by atoms with van der Waals surface area (Å²) in [5, 5.41) is 0.568. The van der Waals surface area contributed by atoms with Crippen LogP contribution in [0.2, 0.25) is 10.0 Å². The molecular weight excluding hydrogens is 297 g/mol. The van der Waals surface area contributed by atoms with Gasteiger partial charge in [0, 0.05) is 12.0 Å². The van der Waals surface area contributed by atoms with Crippen molar-refractivity contribution in [1.82, 2.24) is 0 Å². The van der Waals surface area contributed by atoms with E-state index in [0.717, 1.165) is 5.56 Å². The fourth-order valence-electron chi connectivity index (χ4n) is 1.82. The van der Waals surface area contributed by atoms with Gasteiger partial charge in [0.2, 0.25) is 0 Å². The molecule has 0 aromatic heterocycles. The molecule has 0 aliphatic rings. The van der Waals surface area contributed by atoms with Crippen LogP contribution in [0.5, 0.6) is 5.75 Å². The van der Waals surface area contributed by atoms with Crippen LogP contribution in [0.1, 0.15) is 15.9 Å². The highest BCUT2D eigenvalue weighted by Crippen LogP contribution is 2.29. The number of halogens is 2. The number of ketones is 1. The highest BCUT2D eigenvalue weighted by Gasteiger charge is 2.12. The number of benzene rings is 2. The molecule has 2 N–H and O–H groups in total. The molecule has 0 saturated carbocycles. The minimum absolute atomic E-state index is 0.0814.